The Labute approximate surface area is 110 Å². The molecule has 1 rings (SSSR count). The van der Waals surface area contributed by atoms with Crippen LogP contribution in [0.15, 0.2) is 30.3 Å². The van der Waals surface area contributed by atoms with Gasteiger partial charge in [-0.3, -0.25) is 0 Å². The second kappa shape index (κ2) is 6.80. The quantitative estimate of drug-likeness (QED) is 0.615. The Bertz CT molecular complexity index is 379. The van der Waals surface area contributed by atoms with E-state index in [1.807, 2.05) is 0 Å². The summed E-state index contributed by atoms with van der Waals surface area (Å²) in [6.07, 6.45) is 0.0686. The van der Waals surface area contributed by atoms with E-state index in [1.165, 1.54) is 0 Å². The zero-order valence-corrected chi connectivity index (χ0v) is 11.5. The van der Waals surface area contributed by atoms with Crippen LogP contribution < -0.4 is 0 Å². The van der Waals surface area contributed by atoms with E-state index < -0.39 is 30.8 Å². The van der Waals surface area contributed by atoms with Gasteiger partial charge in [0.25, 0.3) is 0 Å². The Kier molecular flexibility index (Phi) is 5.69. The van der Waals surface area contributed by atoms with Gasteiger partial charge in [-0.15, -0.1) is 0 Å². The van der Waals surface area contributed by atoms with E-state index in [-0.39, 0.29) is 13.0 Å². The van der Waals surface area contributed by atoms with E-state index in [4.69, 9.17) is 4.74 Å². The van der Waals surface area contributed by atoms with Crippen LogP contribution in [-0.2, 0) is 16.0 Å². The topological polar surface area (TPSA) is 26.3 Å². The minimum atomic E-state index is -4.31. The molecule has 0 spiro atoms. The zero-order valence-electron chi connectivity index (χ0n) is 9.74. The first kappa shape index (κ1) is 15.1. The van der Waals surface area contributed by atoms with E-state index in [0.29, 0.717) is 5.56 Å². The molecule has 1 aromatic rings. The molecule has 0 amide bonds. The molecule has 0 radical (unpaired) electrons. The number of esters is 1. The zero-order chi connectivity index (χ0) is 13.6. The van der Waals surface area contributed by atoms with Gasteiger partial charge in [0.2, 0.25) is 0 Å². The first-order chi connectivity index (χ1) is 8.42. The number of rotatable bonds is 5. The molecule has 0 aliphatic heterocycles. The van der Waals surface area contributed by atoms with Crippen LogP contribution in [0.1, 0.15) is 12.5 Å². The molecular formula is C12H13F3O2Se. The van der Waals surface area contributed by atoms with Gasteiger partial charge in [-0.2, -0.15) is 0 Å². The number of ether oxygens (including phenoxy) is 1. The van der Waals surface area contributed by atoms with Crippen LogP contribution in [0.25, 0.3) is 0 Å². The Hall–Kier alpha value is -1.00. The molecule has 1 unspecified atom stereocenters. The van der Waals surface area contributed by atoms with Gasteiger partial charge in [-0.25, -0.2) is 0 Å². The molecule has 1 aromatic carbocycles. The maximum atomic E-state index is 12.4. The predicted molar refractivity (Wildman–Crippen MR) is 62.3 cm³/mol. The molecule has 0 saturated heterocycles. The molecular weight excluding hydrogens is 312 g/mol. The monoisotopic (exact) mass is 326 g/mol. The third-order valence-electron chi connectivity index (χ3n) is 2.09. The van der Waals surface area contributed by atoms with Crippen molar-refractivity contribution in [2.24, 2.45) is 0 Å². The fourth-order valence-corrected chi connectivity index (χ4v) is 3.00. The molecule has 0 aliphatic carbocycles. The van der Waals surface area contributed by atoms with Crippen molar-refractivity contribution in [3.8, 4) is 0 Å². The molecule has 0 fully saturated rings. The van der Waals surface area contributed by atoms with Crippen LogP contribution >= 0.6 is 0 Å². The molecule has 100 valence electrons. The van der Waals surface area contributed by atoms with Crippen molar-refractivity contribution >= 4 is 20.9 Å². The predicted octanol–water partition coefficient (Wildman–Crippen LogP) is 2.80. The van der Waals surface area contributed by atoms with Crippen LogP contribution in [0.3, 0.4) is 0 Å². The summed E-state index contributed by atoms with van der Waals surface area (Å²) >= 11 is -1.77. The van der Waals surface area contributed by atoms with Crippen molar-refractivity contribution in [2.45, 2.75) is 23.2 Å². The molecule has 0 saturated carbocycles. The Balaban J connectivity index is 2.74. The van der Waals surface area contributed by atoms with Gasteiger partial charge < -0.3 is 0 Å². The molecule has 0 N–H and O–H groups in total. The fourth-order valence-electron chi connectivity index (χ4n) is 1.40. The van der Waals surface area contributed by atoms with Crippen LogP contribution in [0, 0.1) is 0 Å². The van der Waals surface area contributed by atoms with Gasteiger partial charge >= 0.3 is 109 Å². The number of halogens is 3. The van der Waals surface area contributed by atoms with Crippen LogP contribution in [0.2, 0.25) is 4.82 Å². The summed E-state index contributed by atoms with van der Waals surface area (Å²) in [7, 11) is 0. The van der Waals surface area contributed by atoms with E-state index in [1.54, 1.807) is 37.3 Å². The summed E-state index contributed by atoms with van der Waals surface area (Å²) in [4.78, 5) is 10.4. The van der Waals surface area contributed by atoms with Crippen molar-refractivity contribution in [3.05, 3.63) is 35.9 Å². The maximum absolute atomic E-state index is 12.4. The molecule has 1 atom stereocenters. The first-order valence-corrected chi connectivity index (χ1v) is 7.22. The number of benzene rings is 1. The number of carbonyl (C=O) groups excluding carboxylic acids is 1. The SMILES string of the molecule is CCOC(=O)C(Cc1ccccc1)[Se]C(F)(F)F. The standard InChI is InChI=1S/C12H13F3O2Se/c1-2-17-11(16)10(18-12(13,14)15)8-9-6-4-3-5-7-9/h3-7,10H,2,8H2,1H3. The van der Waals surface area contributed by atoms with Crippen LogP contribution in [0.4, 0.5) is 13.2 Å². The molecule has 6 heteroatoms. The van der Waals surface area contributed by atoms with Crippen molar-refractivity contribution in [1.82, 2.24) is 0 Å². The molecule has 0 heterocycles. The van der Waals surface area contributed by atoms with Crippen LogP contribution in [0.5, 0.6) is 0 Å². The van der Waals surface area contributed by atoms with E-state index >= 15 is 0 Å². The van der Waals surface area contributed by atoms with Gasteiger partial charge in [0, 0.05) is 0 Å². The van der Waals surface area contributed by atoms with Gasteiger partial charge in [0.15, 0.2) is 0 Å². The second-order valence-corrected chi connectivity index (χ2v) is 6.15. The van der Waals surface area contributed by atoms with E-state index in [2.05, 4.69) is 0 Å². The number of carbonyl (C=O) groups is 1. The summed E-state index contributed by atoms with van der Waals surface area (Å²) < 4.78 is 42.0. The average Bonchev–Trinajstić information content (AvgIpc) is 2.28. The van der Waals surface area contributed by atoms with Crippen molar-refractivity contribution < 1.29 is 22.7 Å². The Morgan fingerprint density at radius 1 is 1.33 bits per heavy atom. The number of alkyl halides is 3. The van der Waals surface area contributed by atoms with Crippen LogP contribution in [-0.4, -0.2) is 32.6 Å². The van der Waals surface area contributed by atoms with Crippen molar-refractivity contribution in [3.63, 3.8) is 0 Å². The number of hydrogen-bond acceptors (Lipinski definition) is 2. The summed E-state index contributed by atoms with van der Waals surface area (Å²) in [6.45, 7) is 1.68. The van der Waals surface area contributed by atoms with Crippen molar-refractivity contribution in [1.29, 1.82) is 0 Å². The fraction of sp³-hybridized carbons (Fsp3) is 0.417. The molecule has 0 bridgehead atoms. The van der Waals surface area contributed by atoms with Gasteiger partial charge in [-0.1, -0.05) is 0 Å². The molecule has 2 nitrogen and oxygen atoms in total. The van der Waals surface area contributed by atoms with E-state index in [9.17, 15) is 18.0 Å². The van der Waals surface area contributed by atoms with Gasteiger partial charge in [0.05, 0.1) is 0 Å². The summed E-state index contributed by atoms with van der Waals surface area (Å²) in [5, 5.41) is -4.31. The van der Waals surface area contributed by atoms with Gasteiger partial charge in [-0.05, 0) is 0 Å². The first-order valence-electron chi connectivity index (χ1n) is 5.37. The summed E-state index contributed by atoms with van der Waals surface area (Å²) in [5.74, 6) is -0.765. The molecule has 0 aromatic heterocycles. The molecule has 18 heavy (non-hydrogen) atoms. The summed E-state index contributed by atoms with van der Waals surface area (Å²) in [6, 6.07) is 8.66. The van der Waals surface area contributed by atoms with Crippen molar-refractivity contribution in [2.75, 3.05) is 6.61 Å². The second-order valence-electron chi connectivity index (χ2n) is 3.49. The minimum absolute atomic E-state index is 0.0686. The average molecular weight is 325 g/mol. The van der Waals surface area contributed by atoms with E-state index in [0.717, 1.165) is 0 Å². The van der Waals surface area contributed by atoms with Gasteiger partial charge in [0.1, 0.15) is 0 Å². The Morgan fingerprint density at radius 3 is 2.44 bits per heavy atom. The Morgan fingerprint density at radius 2 is 1.94 bits per heavy atom. The summed E-state index contributed by atoms with van der Waals surface area (Å²) in [5.41, 5.74) is 0.710. The third kappa shape index (κ3) is 5.56. The number of hydrogen-bond donors (Lipinski definition) is 0. The molecule has 0 aliphatic rings. The normalized spacial score (nSPS) is 13.1. The third-order valence-corrected chi connectivity index (χ3v) is 4.00.